The van der Waals surface area contributed by atoms with E-state index >= 15 is 0 Å². The molecule has 1 fully saturated rings. The minimum atomic E-state index is 0.500. The highest BCUT2D eigenvalue weighted by Crippen LogP contribution is 2.35. The molecule has 1 aliphatic rings. The van der Waals surface area contributed by atoms with Gasteiger partial charge >= 0.3 is 0 Å². The second kappa shape index (κ2) is 3.75. The first-order valence-electron chi connectivity index (χ1n) is 4.92. The van der Waals surface area contributed by atoms with E-state index in [0.29, 0.717) is 17.5 Å². The summed E-state index contributed by atoms with van der Waals surface area (Å²) < 4.78 is 0. The second-order valence-corrected chi connectivity index (χ2v) is 4.78. The molecule has 0 radical (unpaired) electrons. The molecule has 0 amide bonds. The lowest BCUT2D eigenvalue weighted by Gasteiger charge is -2.40. The second-order valence-electron chi connectivity index (χ2n) is 4.78. The Hall–Kier alpha value is -0.0800. The fourth-order valence-corrected chi connectivity index (χ4v) is 2.37. The summed E-state index contributed by atoms with van der Waals surface area (Å²) in [6.07, 6.45) is 3.89. The van der Waals surface area contributed by atoms with E-state index in [0.717, 1.165) is 0 Å². The molecule has 0 aromatic carbocycles. The van der Waals surface area contributed by atoms with E-state index in [4.69, 9.17) is 0 Å². The average molecular weight is 170 g/mol. The standard InChI is InChI=1S/C10H22N2/c1-10(2)6-8(11-3)5-9(7-10)12-4/h8-9,11-12H,5-7H2,1-4H3. The van der Waals surface area contributed by atoms with Crippen LogP contribution >= 0.6 is 0 Å². The van der Waals surface area contributed by atoms with Crippen molar-refractivity contribution in [2.45, 2.75) is 45.2 Å². The monoisotopic (exact) mass is 170 g/mol. The third kappa shape index (κ3) is 2.46. The van der Waals surface area contributed by atoms with Gasteiger partial charge in [-0.25, -0.2) is 0 Å². The Bertz CT molecular complexity index is 129. The molecule has 1 rings (SSSR count). The van der Waals surface area contributed by atoms with Crippen molar-refractivity contribution < 1.29 is 0 Å². The molecule has 1 aliphatic carbocycles. The largest absolute Gasteiger partial charge is 0.317 e. The van der Waals surface area contributed by atoms with Crippen molar-refractivity contribution >= 4 is 0 Å². The molecule has 12 heavy (non-hydrogen) atoms. The highest BCUT2D eigenvalue weighted by molar-refractivity contribution is 4.89. The van der Waals surface area contributed by atoms with Gasteiger partial charge in [-0.1, -0.05) is 13.8 Å². The molecular formula is C10H22N2. The molecule has 0 heterocycles. The normalized spacial score (nSPS) is 35.0. The van der Waals surface area contributed by atoms with Crippen LogP contribution in [0.4, 0.5) is 0 Å². The quantitative estimate of drug-likeness (QED) is 0.654. The fourth-order valence-electron chi connectivity index (χ4n) is 2.37. The average Bonchev–Trinajstić information content (AvgIpc) is 2.01. The first-order valence-corrected chi connectivity index (χ1v) is 4.92. The summed E-state index contributed by atoms with van der Waals surface area (Å²) in [5.74, 6) is 0. The number of hydrogen-bond donors (Lipinski definition) is 2. The summed E-state index contributed by atoms with van der Waals surface area (Å²) >= 11 is 0. The molecule has 0 aromatic heterocycles. The number of nitrogens with one attached hydrogen (secondary N) is 2. The third-order valence-corrected chi connectivity index (χ3v) is 2.98. The molecule has 2 nitrogen and oxygen atoms in total. The minimum absolute atomic E-state index is 0.500. The van der Waals surface area contributed by atoms with Crippen molar-refractivity contribution in [3.63, 3.8) is 0 Å². The van der Waals surface area contributed by atoms with Crippen LogP contribution in [-0.4, -0.2) is 26.2 Å². The van der Waals surface area contributed by atoms with Crippen LogP contribution in [0.1, 0.15) is 33.1 Å². The van der Waals surface area contributed by atoms with Crippen molar-refractivity contribution in [3.8, 4) is 0 Å². The summed E-state index contributed by atoms with van der Waals surface area (Å²) in [6, 6.07) is 1.40. The SMILES string of the molecule is CNC1CC(NC)CC(C)(C)C1. The van der Waals surface area contributed by atoms with E-state index in [-0.39, 0.29) is 0 Å². The van der Waals surface area contributed by atoms with Crippen molar-refractivity contribution in [2.75, 3.05) is 14.1 Å². The van der Waals surface area contributed by atoms with Crippen LogP contribution in [0.25, 0.3) is 0 Å². The lowest BCUT2D eigenvalue weighted by atomic mass is 9.73. The highest BCUT2D eigenvalue weighted by Gasteiger charge is 2.32. The Morgan fingerprint density at radius 3 is 1.75 bits per heavy atom. The van der Waals surface area contributed by atoms with E-state index in [9.17, 15) is 0 Å². The Morgan fingerprint density at radius 1 is 1.00 bits per heavy atom. The smallest absolute Gasteiger partial charge is 0.00839 e. The first-order chi connectivity index (χ1) is 5.57. The predicted octanol–water partition coefficient (Wildman–Crippen LogP) is 1.37. The maximum Gasteiger partial charge on any atom is 0.00839 e. The zero-order valence-corrected chi connectivity index (χ0v) is 8.78. The molecule has 0 saturated heterocycles. The summed E-state index contributed by atoms with van der Waals surface area (Å²) in [6.45, 7) is 4.72. The lowest BCUT2D eigenvalue weighted by Crippen LogP contribution is -2.45. The van der Waals surface area contributed by atoms with Crippen LogP contribution < -0.4 is 10.6 Å². The Morgan fingerprint density at radius 2 is 1.42 bits per heavy atom. The molecule has 2 unspecified atom stereocenters. The minimum Gasteiger partial charge on any atom is -0.317 e. The molecule has 0 aliphatic heterocycles. The molecule has 72 valence electrons. The summed E-state index contributed by atoms with van der Waals surface area (Å²) in [5, 5.41) is 6.77. The van der Waals surface area contributed by atoms with Gasteiger partial charge in [0.2, 0.25) is 0 Å². The van der Waals surface area contributed by atoms with Gasteiger partial charge in [0.25, 0.3) is 0 Å². The fraction of sp³-hybridized carbons (Fsp3) is 1.00. The summed E-state index contributed by atoms with van der Waals surface area (Å²) in [4.78, 5) is 0. The van der Waals surface area contributed by atoms with E-state index in [1.807, 2.05) is 0 Å². The van der Waals surface area contributed by atoms with Crippen LogP contribution in [0, 0.1) is 5.41 Å². The van der Waals surface area contributed by atoms with Crippen LogP contribution in [0.15, 0.2) is 0 Å². The zero-order valence-electron chi connectivity index (χ0n) is 8.78. The summed E-state index contributed by atoms with van der Waals surface area (Å²) in [7, 11) is 4.14. The summed E-state index contributed by atoms with van der Waals surface area (Å²) in [5.41, 5.74) is 0.500. The van der Waals surface area contributed by atoms with E-state index < -0.39 is 0 Å². The molecule has 2 atom stereocenters. The van der Waals surface area contributed by atoms with Crippen molar-refractivity contribution in [3.05, 3.63) is 0 Å². The van der Waals surface area contributed by atoms with Crippen molar-refractivity contribution in [1.29, 1.82) is 0 Å². The van der Waals surface area contributed by atoms with Gasteiger partial charge in [0.15, 0.2) is 0 Å². The van der Waals surface area contributed by atoms with Gasteiger partial charge in [0, 0.05) is 12.1 Å². The first kappa shape index (κ1) is 10.0. The highest BCUT2D eigenvalue weighted by atomic mass is 14.9. The van der Waals surface area contributed by atoms with Gasteiger partial charge in [-0.3, -0.25) is 0 Å². The molecule has 2 heteroatoms. The van der Waals surface area contributed by atoms with Crippen LogP contribution in [0.3, 0.4) is 0 Å². The number of hydrogen-bond acceptors (Lipinski definition) is 2. The Kier molecular flexibility index (Phi) is 3.13. The van der Waals surface area contributed by atoms with Crippen molar-refractivity contribution in [2.24, 2.45) is 5.41 Å². The topological polar surface area (TPSA) is 24.1 Å². The van der Waals surface area contributed by atoms with E-state index in [1.54, 1.807) is 0 Å². The zero-order chi connectivity index (χ0) is 9.19. The molecular weight excluding hydrogens is 148 g/mol. The molecule has 1 saturated carbocycles. The van der Waals surface area contributed by atoms with Gasteiger partial charge < -0.3 is 10.6 Å². The predicted molar refractivity (Wildman–Crippen MR) is 53.3 cm³/mol. The van der Waals surface area contributed by atoms with Gasteiger partial charge in [-0.15, -0.1) is 0 Å². The maximum atomic E-state index is 3.38. The third-order valence-electron chi connectivity index (χ3n) is 2.98. The number of rotatable bonds is 2. The maximum absolute atomic E-state index is 3.38. The molecule has 0 aromatic rings. The van der Waals surface area contributed by atoms with Crippen LogP contribution in [0.2, 0.25) is 0 Å². The van der Waals surface area contributed by atoms with Gasteiger partial charge in [0.1, 0.15) is 0 Å². The van der Waals surface area contributed by atoms with E-state index in [1.165, 1.54) is 19.3 Å². The molecule has 0 spiro atoms. The lowest BCUT2D eigenvalue weighted by molar-refractivity contribution is 0.169. The van der Waals surface area contributed by atoms with Crippen LogP contribution in [-0.2, 0) is 0 Å². The van der Waals surface area contributed by atoms with Crippen molar-refractivity contribution in [1.82, 2.24) is 10.6 Å². The Balaban J connectivity index is 2.53. The van der Waals surface area contributed by atoms with E-state index in [2.05, 4.69) is 38.6 Å². The Labute approximate surface area is 76.1 Å². The van der Waals surface area contributed by atoms with Gasteiger partial charge in [0.05, 0.1) is 0 Å². The van der Waals surface area contributed by atoms with Gasteiger partial charge in [-0.05, 0) is 38.8 Å². The molecule has 2 N–H and O–H groups in total. The van der Waals surface area contributed by atoms with Gasteiger partial charge in [-0.2, -0.15) is 0 Å². The molecule has 0 bridgehead atoms. The van der Waals surface area contributed by atoms with Crippen LogP contribution in [0.5, 0.6) is 0 Å².